The van der Waals surface area contributed by atoms with E-state index in [4.69, 9.17) is 19.4 Å². The highest BCUT2D eigenvalue weighted by molar-refractivity contribution is 7.91. The van der Waals surface area contributed by atoms with E-state index in [1.807, 2.05) is 6.07 Å². The first-order valence-corrected chi connectivity index (χ1v) is 16.5. The number of pyridine rings is 1. The van der Waals surface area contributed by atoms with E-state index in [0.29, 0.717) is 28.0 Å². The molecule has 0 spiro atoms. The molecule has 214 valence electrons. The van der Waals surface area contributed by atoms with Gasteiger partial charge >= 0.3 is 0 Å². The number of ether oxygens (including phenoxy) is 2. The number of nitrogens with one attached hydrogen (secondary N) is 1. The van der Waals surface area contributed by atoms with Crippen molar-refractivity contribution in [3.8, 4) is 11.3 Å². The molecule has 1 N–H and O–H groups in total. The molecule has 15 heteroatoms. The second-order valence-electron chi connectivity index (χ2n) is 9.68. The van der Waals surface area contributed by atoms with Gasteiger partial charge in [0.2, 0.25) is 5.95 Å². The van der Waals surface area contributed by atoms with Gasteiger partial charge in [0.15, 0.2) is 36.1 Å². The maximum absolute atomic E-state index is 12.7. The van der Waals surface area contributed by atoms with Gasteiger partial charge in [-0.2, -0.15) is 9.97 Å². The number of benzene rings is 1. The molecule has 0 aliphatic carbocycles. The molecular formula is C25H30N6O7S2. The Hall–Kier alpha value is -3.40. The number of hydrogen-bond donors (Lipinski definition) is 1. The summed E-state index contributed by atoms with van der Waals surface area (Å²) in [6, 6.07) is 10.5. The highest BCUT2D eigenvalue weighted by Crippen LogP contribution is 2.32. The third-order valence-corrected chi connectivity index (χ3v) is 9.62. The van der Waals surface area contributed by atoms with Gasteiger partial charge in [-0.15, -0.1) is 0 Å². The van der Waals surface area contributed by atoms with E-state index in [-0.39, 0.29) is 57.0 Å². The van der Waals surface area contributed by atoms with Crippen molar-refractivity contribution >= 4 is 48.4 Å². The molecule has 0 bridgehead atoms. The van der Waals surface area contributed by atoms with E-state index in [1.165, 1.54) is 0 Å². The van der Waals surface area contributed by atoms with Crippen LogP contribution in [0.15, 0.2) is 36.4 Å². The second kappa shape index (κ2) is 10.9. The van der Waals surface area contributed by atoms with Crippen LogP contribution in [0.4, 0.5) is 11.8 Å². The number of carbonyl (C=O) groups is 1. The molecule has 2 aliphatic rings. The van der Waals surface area contributed by atoms with E-state index < -0.39 is 30.4 Å². The lowest BCUT2D eigenvalue weighted by molar-refractivity contribution is 0.0963. The van der Waals surface area contributed by atoms with Crippen molar-refractivity contribution in [1.82, 2.24) is 20.3 Å². The zero-order valence-electron chi connectivity index (χ0n) is 22.3. The zero-order chi connectivity index (χ0) is 28.7. The van der Waals surface area contributed by atoms with Crippen molar-refractivity contribution in [1.29, 1.82) is 0 Å². The van der Waals surface area contributed by atoms with Gasteiger partial charge in [0.1, 0.15) is 5.82 Å². The summed E-state index contributed by atoms with van der Waals surface area (Å²) < 4.78 is 61.6. The molecule has 0 radical (unpaired) electrons. The van der Waals surface area contributed by atoms with Gasteiger partial charge in [0.05, 0.1) is 37.5 Å². The Morgan fingerprint density at radius 3 is 2.20 bits per heavy atom. The molecule has 0 saturated carbocycles. The lowest BCUT2D eigenvalue weighted by Gasteiger charge is -2.37. The summed E-state index contributed by atoms with van der Waals surface area (Å²) in [6.07, 6.45) is 2.26. The minimum absolute atomic E-state index is 0.0407. The van der Waals surface area contributed by atoms with Crippen LogP contribution in [0.1, 0.15) is 10.4 Å². The molecule has 1 aromatic carbocycles. The minimum atomic E-state index is -3.58. The predicted octanol–water partition coefficient (Wildman–Crippen LogP) is 0.466. The Morgan fingerprint density at radius 2 is 1.55 bits per heavy atom. The molecule has 40 heavy (non-hydrogen) atoms. The number of morpholine rings is 2. The molecule has 2 atom stereocenters. The maximum Gasteiger partial charge on any atom is 0.251 e. The van der Waals surface area contributed by atoms with Crippen molar-refractivity contribution in [2.75, 3.05) is 68.9 Å². The van der Waals surface area contributed by atoms with Gasteiger partial charge < -0.3 is 24.6 Å². The molecular weight excluding hydrogens is 560 g/mol. The molecule has 4 heterocycles. The van der Waals surface area contributed by atoms with Gasteiger partial charge in [-0.3, -0.25) is 4.79 Å². The fraction of sp³-hybridized carbons (Fsp3) is 0.440. The molecule has 1 amide bonds. The smallest absolute Gasteiger partial charge is 0.251 e. The van der Waals surface area contributed by atoms with Gasteiger partial charge in [0.25, 0.3) is 5.91 Å². The minimum Gasteiger partial charge on any atom is -0.376 e. The van der Waals surface area contributed by atoms with Crippen LogP contribution in [0.5, 0.6) is 0 Å². The van der Waals surface area contributed by atoms with Gasteiger partial charge in [-0.25, -0.2) is 21.8 Å². The van der Waals surface area contributed by atoms with Crippen LogP contribution >= 0.6 is 0 Å². The number of nitrogens with zero attached hydrogens (tertiary/aromatic N) is 5. The number of aromatic nitrogens is 3. The monoisotopic (exact) mass is 590 g/mol. The van der Waals surface area contributed by atoms with Crippen molar-refractivity contribution in [2.24, 2.45) is 0 Å². The first kappa shape index (κ1) is 28.1. The van der Waals surface area contributed by atoms with Crippen LogP contribution in [-0.4, -0.2) is 108 Å². The summed E-state index contributed by atoms with van der Waals surface area (Å²) in [5.41, 5.74) is 1.91. The van der Waals surface area contributed by atoms with Crippen LogP contribution in [0, 0.1) is 0 Å². The topological polar surface area (TPSA) is 161 Å². The van der Waals surface area contributed by atoms with Crippen LogP contribution in [0.3, 0.4) is 0 Å². The zero-order valence-corrected chi connectivity index (χ0v) is 23.9. The third kappa shape index (κ3) is 5.59. The highest BCUT2D eigenvalue weighted by Gasteiger charge is 2.37. The summed E-state index contributed by atoms with van der Waals surface area (Å²) in [5, 5.41) is 1.08. The number of rotatable bonds is 6. The lowest BCUT2D eigenvalue weighted by Crippen LogP contribution is -2.51. The largest absolute Gasteiger partial charge is 0.376 e. The summed E-state index contributed by atoms with van der Waals surface area (Å²) in [4.78, 5) is 29.5. The van der Waals surface area contributed by atoms with Crippen molar-refractivity contribution in [2.45, 2.75) is 10.7 Å². The molecule has 2 aliphatic heterocycles. The fourth-order valence-corrected chi connectivity index (χ4v) is 6.81. The highest BCUT2D eigenvalue weighted by atomic mass is 32.2. The van der Waals surface area contributed by atoms with Gasteiger partial charge in [0, 0.05) is 43.8 Å². The van der Waals surface area contributed by atoms with Gasteiger partial charge in [-0.05, 0) is 24.3 Å². The first-order chi connectivity index (χ1) is 19.0. The normalized spacial score (nSPS) is 20.5. The number of amides is 1. The average Bonchev–Trinajstić information content (AvgIpc) is 2.95. The Bertz CT molecular complexity index is 1670. The summed E-state index contributed by atoms with van der Waals surface area (Å²) in [5.74, 6) is 0.173. The SMILES string of the molecule is CNC(=O)c1cccc(-c2ccc3c(N4CCOC[C@@H]4S(C)(=O)=O)nc(N4CCOC[C@@H]4S(C)(=O)=O)nc3n2)c1. The molecule has 0 unspecified atom stereocenters. The van der Waals surface area contributed by atoms with E-state index in [9.17, 15) is 21.6 Å². The van der Waals surface area contributed by atoms with Crippen molar-refractivity contribution in [3.05, 3.63) is 42.0 Å². The Morgan fingerprint density at radius 1 is 0.900 bits per heavy atom. The van der Waals surface area contributed by atoms with Gasteiger partial charge in [-0.1, -0.05) is 12.1 Å². The number of carbonyl (C=O) groups excluding carboxylic acids is 1. The van der Waals surface area contributed by atoms with E-state index in [2.05, 4.69) is 10.3 Å². The summed E-state index contributed by atoms with van der Waals surface area (Å²) >= 11 is 0. The average molecular weight is 591 g/mol. The molecule has 2 fully saturated rings. The third-order valence-electron chi connectivity index (χ3n) is 6.86. The quantitative estimate of drug-likeness (QED) is 0.423. The van der Waals surface area contributed by atoms with Crippen molar-refractivity contribution in [3.63, 3.8) is 0 Å². The second-order valence-corrected chi connectivity index (χ2v) is 14.1. The predicted molar refractivity (Wildman–Crippen MR) is 150 cm³/mol. The van der Waals surface area contributed by atoms with E-state index in [1.54, 1.807) is 47.2 Å². The fourth-order valence-electron chi connectivity index (χ4n) is 4.80. The molecule has 2 saturated heterocycles. The Balaban J connectivity index is 1.71. The first-order valence-electron chi connectivity index (χ1n) is 12.5. The van der Waals surface area contributed by atoms with Crippen LogP contribution in [-0.2, 0) is 29.1 Å². The van der Waals surface area contributed by atoms with E-state index >= 15 is 0 Å². The Kier molecular flexibility index (Phi) is 7.65. The molecule has 5 rings (SSSR count). The molecule has 2 aromatic heterocycles. The Labute approximate surface area is 232 Å². The number of hydrogen-bond acceptors (Lipinski definition) is 12. The van der Waals surface area contributed by atoms with Crippen LogP contribution in [0.2, 0.25) is 0 Å². The summed E-state index contributed by atoms with van der Waals surface area (Å²) in [6.45, 7) is 0.924. The van der Waals surface area contributed by atoms with Crippen LogP contribution < -0.4 is 15.1 Å². The number of fused-ring (bicyclic) bond motifs is 1. The molecule has 13 nitrogen and oxygen atoms in total. The molecule has 3 aromatic rings. The van der Waals surface area contributed by atoms with Crippen LogP contribution in [0.25, 0.3) is 22.3 Å². The number of anilines is 2. The maximum atomic E-state index is 12.7. The standard InChI is InChI=1S/C25H30N6O7S2/c1-26-24(32)17-6-4-5-16(13-17)19-8-7-18-22(27-19)28-25(31-10-12-38-15-21(31)40(3,35)36)29-23(18)30-9-11-37-14-20(30)39(2,33)34/h4-8,13,20-21H,9-12,14-15H2,1-3H3,(H,26,32)/t20-,21-/m0/s1. The lowest BCUT2D eigenvalue weighted by atomic mass is 10.1. The van der Waals surface area contributed by atoms with Crippen molar-refractivity contribution < 1.29 is 31.1 Å². The van der Waals surface area contributed by atoms with E-state index in [0.717, 1.165) is 12.5 Å². The summed E-state index contributed by atoms with van der Waals surface area (Å²) in [7, 11) is -5.61. The number of sulfone groups is 2.